The Morgan fingerprint density at radius 1 is 1.04 bits per heavy atom. The molecule has 0 fully saturated rings. The molecule has 2 rings (SSSR count). The Morgan fingerprint density at radius 3 is 2.30 bits per heavy atom. The molecule has 6 heteroatoms. The first kappa shape index (κ1) is 20.7. The van der Waals surface area contributed by atoms with Gasteiger partial charge in [0, 0.05) is 30.9 Å². The highest BCUT2D eigenvalue weighted by Crippen LogP contribution is 2.25. The smallest absolute Gasteiger partial charge is 0.137 e. The van der Waals surface area contributed by atoms with Gasteiger partial charge in [0.05, 0.1) is 26.7 Å². The fourth-order valence-corrected chi connectivity index (χ4v) is 3.17. The van der Waals surface area contributed by atoms with E-state index >= 15 is 0 Å². The molecule has 0 saturated carbocycles. The largest absolute Gasteiger partial charge is 0.368 e. The predicted octanol–water partition coefficient (Wildman–Crippen LogP) is 4.70. The zero-order chi connectivity index (χ0) is 19.5. The molecule has 27 heavy (non-hydrogen) atoms. The van der Waals surface area contributed by atoms with E-state index in [-0.39, 0.29) is 13.1 Å². The number of quaternary nitrogens is 1. The van der Waals surface area contributed by atoms with Crippen molar-refractivity contribution in [2.75, 3.05) is 44.7 Å². The highest BCUT2D eigenvalue weighted by atomic mass is 16.3. The maximum atomic E-state index is 10.4. The molecule has 1 aliphatic heterocycles. The topological polar surface area (TPSA) is 62.1 Å². The van der Waals surface area contributed by atoms with Crippen LogP contribution in [0.15, 0.2) is 64.7 Å². The Morgan fingerprint density at radius 2 is 1.70 bits per heavy atom. The SMILES string of the molecule is CCCC[N+]1(C)C=CC=C1/C=C/c1ccc(N(CCN=O)CCN=O)cc1. The minimum absolute atomic E-state index is 0.190. The van der Waals surface area contributed by atoms with Crippen LogP contribution >= 0.6 is 0 Å². The van der Waals surface area contributed by atoms with Gasteiger partial charge in [-0.15, -0.1) is 0 Å². The molecule has 0 aliphatic carbocycles. The standard InChI is InChI=1S/C21H29N4O2/c1-3-4-17-25(2)18-5-6-21(25)12-9-19-7-10-20(11-8-19)24(15-13-22-26)16-14-23-27/h5-12,18H,3-4,13-17H2,1-2H3/q+1/b12-9+. The first-order valence-corrected chi connectivity index (χ1v) is 9.49. The minimum Gasteiger partial charge on any atom is -0.368 e. The minimum atomic E-state index is 0.190. The number of nitroso groups, excluding NO2 is 2. The maximum Gasteiger partial charge on any atom is 0.137 e. The summed E-state index contributed by atoms with van der Waals surface area (Å²) in [6.07, 6.45) is 13.2. The van der Waals surface area contributed by atoms with E-state index in [0.29, 0.717) is 13.1 Å². The summed E-state index contributed by atoms with van der Waals surface area (Å²) < 4.78 is 0.841. The van der Waals surface area contributed by atoms with E-state index in [9.17, 15) is 9.81 Å². The van der Waals surface area contributed by atoms with Gasteiger partial charge >= 0.3 is 0 Å². The first-order valence-electron chi connectivity index (χ1n) is 9.49. The molecule has 1 aromatic rings. The number of hydrogen-bond donors (Lipinski definition) is 0. The van der Waals surface area contributed by atoms with E-state index in [1.807, 2.05) is 29.2 Å². The van der Waals surface area contributed by atoms with Crippen molar-refractivity contribution in [3.05, 3.63) is 69.8 Å². The lowest BCUT2D eigenvalue weighted by atomic mass is 10.1. The first-order chi connectivity index (χ1) is 13.1. The van der Waals surface area contributed by atoms with Gasteiger partial charge in [-0.2, -0.15) is 9.81 Å². The summed E-state index contributed by atoms with van der Waals surface area (Å²) in [4.78, 5) is 22.8. The van der Waals surface area contributed by atoms with Crippen LogP contribution in [0.4, 0.5) is 5.69 Å². The van der Waals surface area contributed by atoms with Gasteiger partial charge in [0.1, 0.15) is 11.9 Å². The van der Waals surface area contributed by atoms with Gasteiger partial charge in [-0.25, -0.2) is 0 Å². The second-order valence-corrected chi connectivity index (χ2v) is 6.90. The van der Waals surface area contributed by atoms with E-state index < -0.39 is 0 Å². The molecule has 0 bridgehead atoms. The van der Waals surface area contributed by atoms with E-state index in [2.05, 4.69) is 54.8 Å². The van der Waals surface area contributed by atoms with Crippen molar-refractivity contribution in [1.29, 1.82) is 0 Å². The summed E-state index contributed by atoms with van der Waals surface area (Å²) in [5.41, 5.74) is 3.35. The van der Waals surface area contributed by atoms with Crippen molar-refractivity contribution in [3.63, 3.8) is 0 Å². The fraction of sp³-hybridized carbons (Fsp3) is 0.429. The molecule has 0 amide bonds. The van der Waals surface area contributed by atoms with Crippen LogP contribution in [-0.4, -0.2) is 44.3 Å². The molecule has 0 spiro atoms. The Balaban J connectivity index is 2.04. The summed E-state index contributed by atoms with van der Waals surface area (Å²) >= 11 is 0. The van der Waals surface area contributed by atoms with Crippen LogP contribution in [0.1, 0.15) is 25.3 Å². The van der Waals surface area contributed by atoms with Crippen LogP contribution in [-0.2, 0) is 0 Å². The molecule has 6 nitrogen and oxygen atoms in total. The van der Waals surface area contributed by atoms with E-state index in [0.717, 1.165) is 22.3 Å². The predicted molar refractivity (Wildman–Crippen MR) is 112 cm³/mol. The molecule has 1 aliphatic rings. The van der Waals surface area contributed by atoms with E-state index in [1.54, 1.807) is 0 Å². The van der Waals surface area contributed by atoms with Crippen molar-refractivity contribution < 1.29 is 4.48 Å². The fourth-order valence-electron chi connectivity index (χ4n) is 3.17. The number of anilines is 1. The molecule has 1 aromatic carbocycles. The lowest BCUT2D eigenvalue weighted by Gasteiger charge is -2.28. The van der Waals surface area contributed by atoms with Crippen molar-refractivity contribution in [1.82, 2.24) is 0 Å². The van der Waals surface area contributed by atoms with Crippen LogP contribution in [0.3, 0.4) is 0 Å². The van der Waals surface area contributed by atoms with Crippen molar-refractivity contribution in [3.8, 4) is 0 Å². The van der Waals surface area contributed by atoms with Crippen molar-refractivity contribution in [2.45, 2.75) is 19.8 Å². The summed E-state index contributed by atoms with van der Waals surface area (Å²) in [7, 11) is 2.23. The molecular weight excluding hydrogens is 340 g/mol. The Hall–Kier alpha value is -2.60. The number of hydrogen-bond acceptors (Lipinski definition) is 5. The van der Waals surface area contributed by atoms with Gasteiger partial charge < -0.3 is 4.90 Å². The van der Waals surface area contributed by atoms with Crippen molar-refractivity contribution in [2.24, 2.45) is 10.4 Å². The zero-order valence-corrected chi connectivity index (χ0v) is 16.3. The second-order valence-electron chi connectivity index (χ2n) is 6.90. The third-order valence-electron chi connectivity index (χ3n) is 4.88. The number of nitrogens with zero attached hydrogens (tertiary/aromatic N) is 4. The quantitative estimate of drug-likeness (QED) is 0.396. The van der Waals surface area contributed by atoms with Gasteiger partial charge in [-0.05, 0) is 36.3 Å². The summed E-state index contributed by atoms with van der Waals surface area (Å²) in [5.74, 6) is 0. The van der Waals surface area contributed by atoms with Gasteiger partial charge in [-0.3, -0.25) is 4.48 Å². The third-order valence-corrected chi connectivity index (χ3v) is 4.88. The number of allylic oxidation sites excluding steroid dienone is 3. The second kappa shape index (κ2) is 10.5. The Labute approximate surface area is 161 Å². The number of rotatable bonds is 12. The maximum absolute atomic E-state index is 10.4. The third kappa shape index (κ3) is 5.96. The van der Waals surface area contributed by atoms with Gasteiger partial charge in [0.25, 0.3) is 0 Å². The van der Waals surface area contributed by atoms with Crippen LogP contribution in [0, 0.1) is 9.81 Å². The molecular formula is C21H29N4O2+. The molecule has 0 saturated heterocycles. The van der Waals surface area contributed by atoms with E-state index in [4.69, 9.17) is 0 Å². The normalized spacial score (nSPS) is 18.7. The lowest BCUT2D eigenvalue weighted by molar-refractivity contribution is -0.815. The Kier molecular flexibility index (Phi) is 8.07. The molecule has 1 unspecified atom stereocenters. The molecule has 0 aromatic heterocycles. The van der Waals surface area contributed by atoms with Gasteiger partial charge in [0.2, 0.25) is 0 Å². The van der Waals surface area contributed by atoms with Crippen LogP contribution in [0.2, 0.25) is 0 Å². The van der Waals surface area contributed by atoms with Crippen LogP contribution < -0.4 is 4.90 Å². The van der Waals surface area contributed by atoms with Gasteiger partial charge in [0.15, 0.2) is 0 Å². The average molecular weight is 369 g/mol. The van der Waals surface area contributed by atoms with Gasteiger partial charge in [-0.1, -0.05) is 35.8 Å². The number of likely N-dealkylation sites (N-methyl/N-ethyl adjacent to an activating group) is 1. The molecule has 144 valence electrons. The Bertz CT molecular complexity index is 697. The summed E-state index contributed by atoms with van der Waals surface area (Å²) in [5, 5.41) is 5.82. The number of unbranched alkanes of at least 4 members (excludes halogenated alkanes) is 1. The lowest BCUT2D eigenvalue weighted by Crippen LogP contribution is -2.35. The molecule has 0 N–H and O–H groups in total. The van der Waals surface area contributed by atoms with Crippen LogP contribution in [0.5, 0.6) is 0 Å². The monoisotopic (exact) mass is 369 g/mol. The number of benzene rings is 1. The molecule has 0 radical (unpaired) electrons. The zero-order valence-electron chi connectivity index (χ0n) is 16.3. The molecule has 1 atom stereocenters. The van der Waals surface area contributed by atoms with E-state index in [1.165, 1.54) is 18.5 Å². The highest BCUT2D eigenvalue weighted by molar-refractivity contribution is 5.57. The van der Waals surface area contributed by atoms with Crippen molar-refractivity contribution >= 4 is 11.8 Å². The molecule has 1 heterocycles. The highest BCUT2D eigenvalue weighted by Gasteiger charge is 2.25. The average Bonchev–Trinajstić information content (AvgIpc) is 3.06. The summed E-state index contributed by atoms with van der Waals surface area (Å²) in [6.45, 7) is 4.67. The van der Waals surface area contributed by atoms with Crippen LogP contribution in [0.25, 0.3) is 6.08 Å². The summed E-state index contributed by atoms with van der Waals surface area (Å²) in [6, 6.07) is 8.09.